The van der Waals surface area contributed by atoms with Crippen LogP contribution in [0.25, 0.3) is 0 Å². The summed E-state index contributed by atoms with van der Waals surface area (Å²) in [6, 6.07) is 4.53. The number of rotatable bonds is 2. The number of Topliss-reactive ketones (excluding diaryl/α,β-unsaturated/α-hetero) is 1. The second-order valence-electron chi connectivity index (χ2n) is 2.29. The fourth-order valence-corrected chi connectivity index (χ4v) is 1.18. The molecule has 1 aromatic carbocycles. The van der Waals surface area contributed by atoms with Crippen LogP contribution in [0.5, 0.6) is 5.75 Å². The SMILES string of the molecule is NCC(=O)c1ccc(O)c(Br)c1. The Morgan fingerprint density at radius 3 is 2.75 bits per heavy atom. The van der Waals surface area contributed by atoms with Gasteiger partial charge in [0.05, 0.1) is 11.0 Å². The molecule has 0 aliphatic heterocycles. The lowest BCUT2D eigenvalue weighted by atomic mass is 10.1. The van der Waals surface area contributed by atoms with Crippen LogP contribution in [0, 0.1) is 0 Å². The van der Waals surface area contributed by atoms with E-state index in [1.54, 1.807) is 6.07 Å². The predicted octanol–water partition coefficient (Wildman–Crippen LogP) is 1.30. The molecule has 12 heavy (non-hydrogen) atoms. The lowest BCUT2D eigenvalue weighted by Gasteiger charge is -1.99. The summed E-state index contributed by atoms with van der Waals surface area (Å²) >= 11 is 3.10. The van der Waals surface area contributed by atoms with E-state index in [9.17, 15) is 4.79 Å². The molecular formula is C8H8BrNO2. The van der Waals surface area contributed by atoms with E-state index in [2.05, 4.69) is 15.9 Å². The minimum absolute atomic E-state index is 0.0167. The van der Waals surface area contributed by atoms with E-state index in [0.717, 1.165) is 0 Å². The highest BCUT2D eigenvalue weighted by molar-refractivity contribution is 9.10. The zero-order chi connectivity index (χ0) is 9.14. The van der Waals surface area contributed by atoms with E-state index in [-0.39, 0.29) is 18.1 Å². The molecule has 0 aliphatic rings. The molecule has 0 radical (unpaired) electrons. The summed E-state index contributed by atoms with van der Waals surface area (Å²) in [5.41, 5.74) is 5.67. The number of nitrogens with two attached hydrogens (primary N) is 1. The Morgan fingerprint density at radius 1 is 1.58 bits per heavy atom. The molecule has 0 saturated carbocycles. The standard InChI is InChI=1S/C8H8BrNO2/c9-6-3-5(8(12)4-10)1-2-7(6)11/h1-3,11H,4,10H2. The van der Waals surface area contributed by atoms with Crippen molar-refractivity contribution >= 4 is 21.7 Å². The van der Waals surface area contributed by atoms with Gasteiger partial charge in [-0.3, -0.25) is 4.79 Å². The summed E-state index contributed by atoms with van der Waals surface area (Å²) < 4.78 is 0.502. The molecular weight excluding hydrogens is 222 g/mol. The van der Waals surface area contributed by atoms with Crippen molar-refractivity contribution in [1.82, 2.24) is 0 Å². The van der Waals surface area contributed by atoms with Gasteiger partial charge in [-0.15, -0.1) is 0 Å². The number of hydrogen-bond donors (Lipinski definition) is 2. The number of aromatic hydroxyl groups is 1. The van der Waals surface area contributed by atoms with Crippen molar-refractivity contribution in [2.24, 2.45) is 5.73 Å². The van der Waals surface area contributed by atoms with E-state index in [1.165, 1.54) is 12.1 Å². The largest absolute Gasteiger partial charge is 0.507 e. The molecule has 1 aromatic rings. The van der Waals surface area contributed by atoms with Crippen LogP contribution in [0.3, 0.4) is 0 Å². The van der Waals surface area contributed by atoms with Gasteiger partial charge in [-0.05, 0) is 34.1 Å². The predicted molar refractivity (Wildman–Crippen MR) is 49.2 cm³/mol. The molecule has 0 unspecified atom stereocenters. The van der Waals surface area contributed by atoms with Crippen LogP contribution < -0.4 is 5.73 Å². The van der Waals surface area contributed by atoms with Crippen LogP contribution in [-0.4, -0.2) is 17.4 Å². The van der Waals surface area contributed by atoms with Crippen LogP contribution in [-0.2, 0) is 0 Å². The summed E-state index contributed by atoms with van der Waals surface area (Å²) in [5.74, 6) is -0.0285. The molecule has 0 aliphatic carbocycles. The number of phenolic OH excluding ortho intramolecular Hbond substituents is 1. The lowest BCUT2D eigenvalue weighted by Crippen LogP contribution is -2.13. The zero-order valence-corrected chi connectivity index (χ0v) is 7.84. The van der Waals surface area contributed by atoms with Gasteiger partial charge in [0.25, 0.3) is 0 Å². The fraction of sp³-hybridized carbons (Fsp3) is 0.125. The number of benzene rings is 1. The van der Waals surface area contributed by atoms with Gasteiger partial charge in [-0.1, -0.05) is 0 Å². The van der Waals surface area contributed by atoms with Gasteiger partial charge >= 0.3 is 0 Å². The van der Waals surface area contributed by atoms with Crippen molar-refractivity contribution in [1.29, 1.82) is 0 Å². The molecule has 1 rings (SSSR count). The third kappa shape index (κ3) is 1.84. The van der Waals surface area contributed by atoms with Gasteiger partial charge in [0.2, 0.25) is 0 Å². The molecule has 4 heteroatoms. The van der Waals surface area contributed by atoms with E-state index >= 15 is 0 Å². The van der Waals surface area contributed by atoms with Gasteiger partial charge in [-0.2, -0.15) is 0 Å². The maximum Gasteiger partial charge on any atom is 0.176 e. The third-order valence-corrected chi connectivity index (χ3v) is 2.09. The Morgan fingerprint density at radius 2 is 2.25 bits per heavy atom. The Kier molecular flexibility index (Phi) is 2.83. The van der Waals surface area contributed by atoms with Gasteiger partial charge in [-0.25, -0.2) is 0 Å². The topological polar surface area (TPSA) is 63.3 Å². The molecule has 0 heterocycles. The van der Waals surface area contributed by atoms with Gasteiger partial charge in [0, 0.05) is 5.56 Å². The van der Waals surface area contributed by atoms with Crippen molar-refractivity contribution in [3.63, 3.8) is 0 Å². The average Bonchev–Trinajstić information content (AvgIpc) is 2.08. The van der Waals surface area contributed by atoms with Crippen molar-refractivity contribution in [3.8, 4) is 5.75 Å². The van der Waals surface area contributed by atoms with E-state index in [0.29, 0.717) is 10.0 Å². The molecule has 0 fully saturated rings. The van der Waals surface area contributed by atoms with Gasteiger partial charge in [0.15, 0.2) is 5.78 Å². The van der Waals surface area contributed by atoms with Gasteiger partial charge in [0.1, 0.15) is 5.75 Å². The molecule has 0 spiro atoms. The Hall–Kier alpha value is -0.870. The maximum absolute atomic E-state index is 11.0. The van der Waals surface area contributed by atoms with Crippen LogP contribution >= 0.6 is 15.9 Å². The van der Waals surface area contributed by atoms with E-state index < -0.39 is 0 Å². The molecule has 0 aromatic heterocycles. The highest BCUT2D eigenvalue weighted by Gasteiger charge is 2.05. The molecule has 0 saturated heterocycles. The van der Waals surface area contributed by atoms with Crippen molar-refractivity contribution in [2.45, 2.75) is 0 Å². The Balaban J connectivity index is 3.05. The van der Waals surface area contributed by atoms with Crippen molar-refractivity contribution in [3.05, 3.63) is 28.2 Å². The minimum Gasteiger partial charge on any atom is -0.507 e. The second-order valence-corrected chi connectivity index (χ2v) is 3.15. The zero-order valence-electron chi connectivity index (χ0n) is 6.25. The molecule has 0 atom stereocenters. The second kappa shape index (κ2) is 3.69. The summed E-state index contributed by atoms with van der Waals surface area (Å²) in [4.78, 5) is 11.0. The molecule has 3 nitrogen and oxygen atoms in total. The quantitative estimate of drug-likeness (QED) is 0.752. The number of halogens is 1. The minimum atomic E-state index is -0.143. The first-order valence-corrected chi connectivity index (χ1v) is 4.16. The van der Waals surface area contributed by atoms with E-state index in [4.69, 9.17) is 10.8 Å². The first-order valence-electron chi connectivity index (χ1n) is 3.37. The third-order valence-electron chi connectivity index (χ3n) is 1.46. The van der Waals surface area contributed by atoms with E-state index in [1.807, 2.05) is 0 Å². The molecule has 3 N–H and O–H groups in total. The van der Waals surface area contributed by atoms with Crippen molar-refractivity contribution in [2.75, 3.05) is 6.54 Å². The van der Waals surface area contributed by atoms with Crippen LogP contribution in [0.2, 0.25) is 0 Å². The molecule has 64 valence electrons. The summed E-state index contributed by atoms with van der Waals surface area (Å²) in [7, 11) is 0. The monoisotopic (exact) mass is 229 g/mol. The number of hydrogen-bond acceptors (Lipinski definition) is 3. The Labute approximate surface area is 78.3 Å². The summed E-state index contributed by atoms with van der Waals surface area (Å²) in [6.07, 6.45) is 0. The van der Waals surface area contributed by atoms with Crippen LogP contribution in [0.1, 0.15) is 10.4 Å². The van der Waals surface area contributed by atoms with Crippen molar-refractivity contribution < 1.29 is 9.90 Å². The van der Waals surface area contributed by atoms with Crippen LogP contribution in [0.4, 0.5) is 0 Å². The molecule has 0 amide bonds. The smallest absolute Gasteiger partial charge is 0.176 e. The summed E-state index contributed by atoms with van der Waals surface area (Å²) in [5, 5.41) is 9.11. The molecule has 0 bridgehead atoms. The first kappa shape index (κ1) is 9.22. The first-order chi connectivity index (χ1) is 5.65. The average molecular weight is 230 g/mol. The number of phenols is 1. The maximum atomic E-state index is 11.0. The fourth-order valence-electron chi connectivity index (χ4n) is 0.798. The number of carbonyl (C=O) groups excluding carboxylic acids is 1. The highest BCUT2D eigenvalue weighted by Crippen LogP contribution is 2.24. The van der Waals surface area contributed by atoms with Crippen LogP contribution in [0.15, 0.2) is 22.7 Å². The lowest BCUT2D eigenvalue weighted by molar-refractivity contribution is 0.100. The normalized spacial score (nSPS) is 9.83. The van der Waals surface area contributed by atoms with Gasteiger partial charge < -0.3 is 10.8 Å². The highest BCUT2D eigenvalue weighted by atomic mass is 79.9. The number of carbonyl (C=O) groups is 1. The Bertz CT molecular complexity index is 312. The number of ketones is 1. The summed E-state index contributed by atoms with van der Waals surface area (Å²) in [6.45, 7) is -0.0167.